The summed E-state index contributed by atoms with van der Waals surface area (Å²) in [4.78, 5) is 0. The van der Waals surface area contributed by atoms with Crippen LogP contribution < -0.4 is 0 Å². The van der Waals surface area contributed by atoms with Crippen molar-refractivity contribution in [1.82, 2.24) is 0 Å². The first-order chi connectivity index (χ1) is 7.33. The first-order valence-electron chi connectivity index (χ1n) is 5.59. The zero-order chi connectivity index (χ0) is 12.2. The number of rotatable bonds is 4. The molecule has 0 saturated heterocycles. The first kappa shape index (κ1) is 14.1. The molecule has 1 aromatic rings. The van der Waals surface area contributed by atoms with E-state index < -0.39 is 7.14 Å². The zero-order valence-electron chi connectivity index (χ0n) is 10.7. The molecule has 0 saturated carbocycles. The SMILES string of the molecule is [B-][P+](C)(CSCc1ccccc1)C(C)(C)C. The van der Waals surface area contributed by atoms with Gasteiger partial charge in [0.05, 0.1) is 5.49 Å². The lowest BCUT2D eigenvalue weighted by atomic mass is 10.2. The van der Waals surface area contributed by atoms with Crippen molar-refractivity contribution in [3.05, 3.63) is 35.9 Å². The molecule has 0 aliphatic carbocycles. The van der Waals surface area contributed by atoms with Gasteiger partial charge in [0.2, 0.25) is 0 Å². The Morgan fingerprint density at radius 1 is 1.19 bits per heavy atom. The van der Waals surface area contributed by atoms with Crippen LogP contribution in [0, 0.1) is 0 Å². The normalized spacial score (nSPS) is 15.8. The van der Waals surface area contributed by atoms with E-state index in [4.69, 9.17) is 7.57 Å². The van der Waals surface area contributed by atoms with Gasteiger partial charge in [-0.15, -0.1) is 11.8 Å². The van der Waals surface area contributed by atoms with Crippen molar-refractivity contribution >= 4 is 26.5 Å². The minimum absolute atomic E-state index is 0.261. The molecule has 0 spiro atoms. The number of hydrogen-bond donors (Lipinski definition) is 0. The van der Waals surface area contributed by atoms with Crippen LogP contribution in [0.3, 0.4) is 0 Å². The molecular formula is C13H21BPS. The molecule has 0 aliphatic rings. The fourth-order valence-corrected chi connectivity index (χ4v) is 4.98. The van der Waals surface area contributed by atoms with E-state index in [0.717, 1.165) is 11.2 Å². The third-order valence-corrected chi connectivity index (χ3v) is 9.48. The molecule has 0 aromatic heterocycles. The highest BCUT2D eigenvalue weighted by Crippen LogP contribution is 2.63. The number of thioether (sulfide) groups is 1. The minimum Gasteiger partial charge on any atom is -0.305 e. The van der Waals surface area contributed by atoms with Gasteiger partial charge in [0.15, 0.2) is 0 Å². The van der Waals surface area contributed by atoms with Crippen LogP contribution in [0.5, 0.6) is 0 Å². The summed E-state index contributed by atoms with van der Waals surface area (Å²) >= 11 is 1.96. The lowest BCUT2D eigenvalue weighted by Gasteiger charge is -2.44. The molecule has 87 valence electrons. The highest BCUT2D eigenvalue weighted by Gasteiger charge is 2.27. The molecule has 16 heavy (non-hydrogen) atoms. The summed E-state index contributed by atoms with van der Waals surface area (Å²) in [6.45, 7) is 9.02. The summed E-state index contributed by atoms with van der Waals surface area (Å²) in [7, 11) is 5.15. The summed E-state index contributed by atoms with van der Waals surface area (Å²) in [5.41, 5.74) is 2.49. The van der Waals surface area contributed by atoms with Crippen molar-refractivity contribution < 1.29 is 0 Å². The third-order valence-electron chi connectivity index (χ3n) is 3.00. The van der Waals surface area contributed by atoms with Gasteiger partial charge in [-0.05, 0) is 26.3 Å². The molecule has 1 atom stereocenters. The largest absolute Gasteiger partial charge is 0.305 e. The van der Waals surface area contributed by atoms with Crippen LogP contribution >= 0.6 is 18.9 Å². The topological polar surface area (TPSA) is 0 Å². The fourth-order valence-electron chi connectivity index (χ4n) is 1.12. The molecule has 0 nitrogen and oxygen atoms in total. The Morgan fingerprint density at radius 2 is 1.75 bits per heavy atom. The second-order valence-electron chi connectivity index (χ2n) is 5.40. The van der Waals surface area contributed by atoms with Gasteiger partial charge in [0.25, 0.3) is 0 Å². The Bertz CT molecular complexity index is 316. The Labute approximate surface area is 106 Å². The van der Waals surface area contributed by atoms with Gasteiger partial charge < -0.3 is 7.57 Å². The van der Waals surface area contributed by atoms with Crippen LogP contribution in [-0.2, 0) is 5.75 Å². The molecule has 0 amide bonds. The van der Waals surface area contributed by atoms with Crippen molar-refractivity contribution in [2.45, 2.75) is 31.7 Å². The summed E-state index contributed by atoms with van der Waals surface area (Å²) in [5.74, 6) is 1.07. The van der Waals surface area contributed by atoms with Crippen molar-refractivity contribution in [2.24, 2.45) is 0 Å². The monoisotopic (exact) mass is 251 g/mol. The van der Waals surface area contributed by atoms with Gasteiger partial charge in [-0.25, -0.2) is 7.14 Å². The molecule has 1 aromatic carbocycles. The first-order valence-corrected chi connectivity index (χ1v) is 9.23. The molecule has 3 radical (unpaired) electrons. The van der Waals surface area contributed by atoms with Crippen LogP contribution in [0.2, 0.25) is 0 Å². The fraction of sp³-hybridized carbons (Fsp3) is 0.538. The molecule has 0 bridgehead atoms. The van der Waals surface area contributed by atoms with E-state index in [9.17, 15) is 0 Å². The van der Waals surface area contributed by atoms with Crippen LogP contribution in [0.25, 0.3) is 0 Å². The summed E-state index contributed by atoms with van der Waals surface area (Å²) in [6.07, 6.45) is 0. The lowest BCUT2D eigenvalue weighted by molar-refractivity contribution is 0.784. The predicted octanol–water partition coefficient (Wildman–Crippen LogP) is 4.41. The van der Waals surface area contributed by atoms with Crippen molar-refractivity contribution in [2.75, 3.05) is 12.2 Å². The van der Waals surface area contributed by atoms with Gasteiger partial charge in [0, 0.05) is 17.6 Å². The van der Waals surface area contributed by atoms with E-state index in [0.29, 0.717) is 0 Å². The lowest BCUT2D eigenvalue weighted by Crippen LogP contribution is -2.21. The molecular weight excluding hydrogens is 230 g/mol. The molecule has 0 N–H and O–H groups in total. The van der Waals surface area contributed by atoms with Crippen LogP contribution in [0.15, 0.2) is 30.3 Å². The molecule has 1 unspecified atom stereocenters. The van der Waals surface area contributed by atoms with Crippen LogP contribution in [0.1, 0.15) is 26.3 Å². The predicted molar refractivity (Wildman–Crippen MR) is 81.0 cm³/mol. The maximum atomic E-state index is 6.45. The standard InChI is InChI=1S/C13H21BPS/c1-13(2,3)15(4,14)11-16-10-12-8-6-5-7-9-12/h5-9H,10-11H2,1-4H3. The summed E-state index contributed by atoms with van der Waals surface area (Å²) in [5, 5.41) is 0.261. The quantitative estimate of drug-likeness (QED) is 0.564. The van der Waals surface area contributed by atoms with E-state index >= 15 is 0 Å². The van der Waals surface area contributed by atoms with Gasteiger partial charge in [0.1, 0.15) is 0 Å². The minimum atomic E-state index is -1.30. The van der Waals surface area contributed by atoms with E-state index in [-0.39, 0.29) is 5.16 Å². The van der Waals surface area contributed by atoms with Gasteiger partial charge >= 0.3 is 0 Å². The van der Waals surface area contributed by atoms with Crippen molar-refractivity contribution in [3.63, 3.8) is 0 Å². The van der Waals surface area contributed by atoms with Crippen LogP contribution in [0.4, 0.5) is 0 Å². The molecule has 0 heterocycles. The van der Waals surface area contributed by atoms with E-state index in [1.165, 1.54) is 5.56 Å². The summed E-state index contributed by atoms with van der Waals surface area (Å²) < 4.78 is 0. The average Bonchev–Trinajstić information content (AvgIpc) is 2.17. The third kappa shape index (κ3) is 4.15. The highest BCUT2D eigenvalue weighted by atomic mass is 32.2. The molecule has 3 heteroatoms. The van der Waals surface area contributed by atoms with Crippen molar-refractivity contribution in [1.29, 1.82) is 0 Å². The maximum absolute atomic E-state index is 6.45. The van der Waals surface area contributed by atoms with Gasteiger partial charge in [-0.2, -0.15) is 0 Å². The molecule has 1 rings (SSSR count). The second-order valence-corrected chi connectivity index (χ2v) is 11.0. The van der Waals surface area contributed by atoms with Crippen LogP contribution in [-0.4, -0.2) is 24.9 Å². The average molecular weight is 251 g/mol. The Kier molecular flexibility index (Phi) is 4.95. The zero-order valence-corrected chi connectivity index (χ0v) is 12.4. The Hall–Kier alpha value is 0.0649. The van der Waals surface area contributed by atoms with Gasteiger partial charge in [-0.3, -0.25) is 0 Å². The summed E-state index contributed by atoms with van der Waals surface area (Å²) in [6, 6.07) is 10.6. The molecule has 0 fully saturated rings. The molecule has 0 aliphatic heterocycles. The number of hydrogen-bond acceptors (Lipinski definition) is 1. The van der Waals surface area contributed by atoms with Gasteiger partial charge in [-0.1, -0.05) is 30.3 Å². The Balaban J connectivity index is 2.42. The van der Waals surface area contributed by atoms with E-state index in [2.05, 4.69) is 57.8 Å². The maximum Gasteiger partial charge on any atom is 0.0571 e. The second kappa shape index (κ2) is 5.60. The number of benzene rings is 1. The highest BCUT2D eigenvalue weighted by molar-refractivity contribution is 8.13. The van der Waals surface area contributed by atoms with Crippen molar-refractivity contribution in [3.8, 4) is 0 Å². The van der Waals surface area contributed by atoms with E-state index in [1.54, 1.807) is 0 Å². The smallest absolute Gasteiger partial charge is 0.0571 e. The van der Waals surface area contributed by atoms with E-state index in [1.807, 2.05) is 11.8 Å². The Morgan fingerprint density at radius 3 is 2.25 bits per heavy atom.